The van der Waals surface area contributed by atoms with Crippen LogP contribution in [0.25, 0.3) is 11.1 Å². The number of rotatable bonds is 3. The van der Waals surface area contributed by atoms with E-state index < -0.39 is 0 Å². The number of aromatic nitrogens is 2. The maximum atomic E-state index is 12.9. The fourth-order valence-corrected chi connectivity index (χ4v) is 1.89. The molecule has 5 heteroatoms. The standard InChI is InChI=1S/C16H10ClFN2O/c17-13-3-7-15(8-4-13)21-16-19-9-12(10-20-16)11-1-5-14(18)6-2-11/h1-10H. The van der Waals surface area contributed by atoms with Gasteiger partial charge in [-0.1, -0.05) is 23.7 Å². The molecule has 2 aromatic carbocycles. The lowest BCUT2D eigenvalue weighted by Crippen LogP contribution is -1.92. The van der Waals surface area contributed by atoms with Crippen LogP contribution < -0.4 is 4.74 Å². The van der Waals surface area contributed by atoms with E-state index in [0.29, 0.717) is 10.8 Å². The van der Waals surface area contributed by atoms with Gasteiger partial charge in [0.25, 0.3) is 0 Å². The van der Waals surface area contributed by atoms with E-state index in [1.807, 2.05) is 0 Å². The fourth-order valence-electron chi connectivity index (χ4n) is 1.77. The minimum Gasteiger partial charge on any atom is -0.424 e. The topological polar surface area (TPSA) is 35.0 Å². The summed E-state index contributed by atoms with van der Waals surface area (Å²) in [7, 11) is 0. The first-order valence-electron chi connectivity index (χ1n) is 6.22. The molecule has 104 valence electrons. The lowest BCUT2D eigenvalue weighted by atomic mass is 10.1. The van der Waals surface area contributed by atoms with Crippen LogP contribution in [-0.2, 0) is 0 Å². The van der Waals surface area contributed by atoms with Crippen LogP contribution in [0.2, 0.25) is 5.02 Å². The summed E-state index contributed by atoms with van der Waals surface area (Å²) in [5.41, 5.74) is 1.63. The summed E-state index contributed by atoms with van der Waals surface area (Å²) in [6, 6.07) is 13.3. The zero-order chi connectivity index (χ0) is 14.7. The molecule has 3 rings (SSSR count). The van der Waals surface area contributed by atoms with Gasteiger partial charge in [-0.05, 0) is 42.0 Å². The molecule has 0 fully saturated rings. The predicted octanol–water partition coefficient (Wildman–Crippen LogP) is 4.73. The van der Waals surface area contributed by atoms with Gasteiger partial charge in [-0.2, -0.15) is 0 Å². The van der Waals surface area contributed by atoms with Gasteiger partial charge in [-0.3, -0.25) is 0 Å². The average Bonchev–Trinajstić information content (AvgIpc) is 2.51. The molecule has 1 aromatic heterocycles. The number of hydrogen-bond donors (Lipinski definition) is 0. The van der Waals surface area contributed by atoms with Gasteiger partial charge in [0.2, 0.25) is 0 Å². The third-order valence-electron chi connectivity index (χ3n) is 2.83. The molecule has 0 aliphatic heterocycles. The first kappa shape index (κ1) is 13.5. The molecule has 0 bridgehead atoms. The fraction of sp³-hybridized carbons (Fsp3) is 0. The van der Waals surface area contributed by atoms with Crippen LogP contribution in [0.4, 0.5) is 4.39 Å². The van der Waals surface area contributed by atoms with Crippen molar-refractivity contribution in [1.82, 2.24) is 9.97 Å². The number of nitrogens with zero attached hydrogens (tertiary/aromatic N) is 2. The molecule has 0 aliphatic rings. The van der Waals surface area contributed by atoms with Crippen LogP contribution in [0.3, 0.4) is 0 Å². The summed E-state index contributed by atoms with van der Waals surface area (Å²) in [4.78, 5) is 8.27. The van der Waals surface area contributed by atoms with Gasteiger partial charge in [0.05, 0.1) is 0 Å². The van der Waals surface area contributed by atoms with Crippen LogP contribution in [0.15, 0.2) is 60.9 Å². The number of benzene rings is 2. The van der Waals surface area contributed by atoms with Crippen LogP contribution in [-0.4, -0.2) is 9.97 Å². The van der Waals surface area contributed by atoms with Gasteiger partial charge < -0.3 is 4.74 Å². The van der Waals surface area contributed by atoms with E-state index in [1.165, 1.54) is 12.1 Å². The molecule has 0 spiro atoms. The van der Waals surface area contributed by atoms with E-state index in [2.05, 4.69) is 9.97 Å². The van der Waals surface area contributed by atoms with Crippen molar-refractivity contribution in [3.05, 3.63) is 71.8 Å². The molecule has 0 aliphatic carbocycles. The molecule has 0 amide bonds. The monoisotopic (exact) mass is 300 g/mol. The summed E-state index contributed by atoms with van der Waals surface area (Å²) in [6.45, 7) is 0. The second-order valence-corrected chi connectivity index (χ2v) is 4.75. The average molecular weight is 301 g/mol. The van der Waals surface area contributed by atoms with Gasteiger partial charge in [0.15, 0.2) is 0 Å². The molecule has 21 heavy (non-hydrogen) atoms. The van der Waals surface area contributed by atoms with E-state index in [-0.39, 0.29) is 11.8 Å². The van der Waals surface area contributed by atoms with Crippen molar-refractivity contribution in [2.45, 2.75) is 0 Å². The molecule has 3 nitrogen and oxygen atoms in total. The number of ether oxygens (including phenoxy) is 1. The van der Waals surface area contributed by atoms with Crippen LogP contribution >= 0.6 is 11.6 Å². The SMILES string of the molecule is Fc1ccc(-c2cnc(Oc3ccc(Cl)cc3)nc2)cc1. The quantitative estimate of drug-likeness (QED) is 0.701. The lowest BCUT2D eigenvalue weighted by Gasteiger charge is -2.05. The zero-order valence-corrected chi connectivity index (χ0v) is 11.6. The van der Waals surface area contributed by atoms with Crippen molar-refractivity contribution in [3.8, 4) is 22.9 Å². The predicted molar refractivity (Wildman–Crippen MR) is 79.0 cm³/mol. The summed E-state index contributed by atoms with van der Waals surface area (Å²) in [5, 5.41) is 0.634. The van der Waals surface area contributed by atoms with E-state index in [0.717, 1.165) is 11.1 Å². The number of halogens is 2. The number of hydrogen-bond acceptors (Lipinski definition) is 3. The third kappa shape index (κ3) is 3.35. The van der Waals surface area contributed by atoms with Gasteiger partial charge in [0, 0.05) is 23.0 Å². The van der Waals surface area contributed by atoms with Gasteiger partial charge in [0.1, 0.15) is 11.6 Å². The maximum absolute atomic E-state index is 12.9. The Kier molecular flexibility index (Phi) is 3.79. The Hall–Kier alpha value is -2.46. The molecule has 3 aromatic rings. The summed E-state index contributed by atoms with van der Waals surface area (Å²) < 4.78 is 18.4. The van der Waals surface area contributed by atoms with Crippen LogP contribution in [0, 0.1) is 5.82 Å². The Morgan fingerprint density at radius 2 is 1.43 bits per heavy atom. The molecule has 0 unspecified atom stereocenters. The minimum atomic E-state index is -0.276. The van der Waals surface area contributed by atoms with E-state index in [9.17, 15) is 4.39 Å². The summed E-state index contributed by atoms with van der Waals surface area (Å²) in [5.74, 6) is 0.330. The van der Waals surface area contributed by atoms with E-state index in [1.54, 1.807) is 48.8 Å². The van der Waals surface area contributed by atoms with Gasteiger partial charge in [-0.15, -0.1) is 0 Å². The second kappa shape index (κ2) is 5.89. The molecule has 0 radical (unpaired) electrons. The largest absolute Gasteiger partial charge is 0.424 e. The highest BCUT2D eigenvalue weighted by Crippen LogP contribution is 2.22. The van der Waals surface area contributed by atoms with Crippen molar-refractivity contribution in [3.63, 3.8) is 0 Å². The first-order chi connectivity index (χ1) is 10.2. The second-order valence-electron chi connectivity index (χ2n) is 4.32. The normalized spacial score (nSPS) is 10.4. The molecule has 0 saturated carbocycles. The lowest BCUT2D eigenvalue weighted by molar-refractivity contribution is 0.442. The van der Waals surface area contributed by atoms with Crippen LogP contribution in [0.5, 0.6) is 11.8 Å². The minimum absolute atomic E-state index is 0.239. The molecule has 0 N–H and O–H groups in total. The molecule has 1 heterocycles. The summed E-state index contributed by atoms with van der Waals surface area (Å²) in [6.07, 6.45) is 3.26. The Morgan fingerprint density at radius 1 is 0.810 bits per heavy atom. The smallest absolute Gasteiger partial charge is 0.321 e. The highest BCUT2D eigenvalue weighted by Gasteiger charge is 2.03. The Balaban J connectivity index is 1.77. The van der Waals surface area contributed by atoms with Crippen molar-refractivity contribution in [2.75, 3.05) is 0 Å². The van der Waals surface area contributed by atoms with Crippen molar-refractivity contribution in [2.24, 2.45) is 0 Å². The third-order valence-corrected chi connectivity index (χ3v) is 3.08. The van der Waals surface area contributed by atoms with E-state index in [4.69, 9.17) is 16.3 Å². The Morgan fingerprint density at radius 3 is 2.05 bits per heavy atom. The highest BCUT2D eigenvalue weighted by atomic mass is 35.5. The first-order valence-corrected chi connectivity index (χ1v) is 6.60. The van der Waals surface area contributed by atoms with Crippen molar-refractivity contribution >= 4 is 11.6 Å². The van der Waals surface area contributed by atoms with Crippen molar-refractivity contribution < 1.29 is 9.13 Å². The van der Waals surface area contributed by atoms with E-state index >= 15 is 0 Å². The molecule has 0 saturated heterocycles. The molecule has 0 atom stereocenters. The Bertz CT molecular complexity index is 728. The van der Waals surface area contributed by atoms with Gasteiger partial charge in [-0.25, -0.2) is 14.4 Å². The van der Waals surface area contributed by atoms with Crippen LogP contribution in [0.1, 0.15) is 0 Å². The Labute approximate surface area is 126 Å². The maximum Gasteiger partial charge on any atom is 0.321 e. The van der Waals surface area contributed by atoms with Gasteiger partial charge >= 0.3 is 6.01 Å². The molecular weight excluding hydrogens is 291 g/mol. The molecular formula is C16H10ClFN2O. The summed E-state index contributed by atoms with van der Waals surface area (Å²) >= 11 is 5.80. The van der Waals surface area contributed by atoms with Crippen molar-refractivity contribution in [1.29, 1.82) is 0 Å². The zero-order valence-electron chi connectivity index (χ0n) is 10.8. The highest BCUT2D eigenvalue weighted by molar-refractivity contribution is 6.30.